The molecule has 0 aliphatic heterocycles. The van der Waals surface area contributed by atoms with Crippen LogP contribution in [0.5, 0.6) is 11.8 Å². The predicted molar refractivity (Wildman–Crippen MR) is 120 cm³/mol. The fraction of sp³-hybridized carbons (Fsp3) is 0.333. The van der Waals surface area contributed by atoms with Crippen molar-refractivity contribution in [2.75, 3.05) is 13.2 Å². The highest BCUT2D eigenvalue weighted by Gasteiger charge is 2.15. The SMILES string of the molecule is CCOC(=O)CCc1cn(Cc2cc(OCc3ccc4ccccc4n3)no2)nc1OCC. The molecule has 0 bridgehead atoms. The molecule has 0 atom stereocenters. The van der Waals surface area contributed by atoms with Gasteiger partial charge in [0.2, 0.25) is 5.88 Å². The minimum absolute atomic E-state index is 0.245. The van der Waals surface area contributed by atoms with Crippen LogP contribution in [0.3, 0.4) is 0 Å². The molecule has 0 radical (unpaired) electrons. The summed E-state index contributed by atoms with van der Waals surface area (Å²) in [5.74, 6) is 1.21. The molecule has 0 spiro atoms. The third kappa shape index (κ3) is 5.88. The Morgan fingerprint density at radius 1 is 1.09 bits per heavy atom. The van der Waals surface area contributed by atoms with Crippen molar-refractivity contribution in [1.82, 2.24) is 19.9 Å². The van der Waals surface area contributed by atoms with Crippen LogP contribution in [0.2, 0.25) is 0 Å². The topological polar surface area (TPSA) is 102 Å². The normalized spacial score (nSPS) is 11.0. The smallest absolute Gasteiger partial charge is 0.306 e. The first-order valence-electron chi connectivity index (χ1n) is 10.9. The van der Waals surface area contributed by atoms with Crippen LogP contribution >= 0.6 is 0 Å². The van der Waals surface area contributed by atoms with Gasteiger partial charge in [-0.05, 0) is 37.6 Å². The molecule has 0 saturated heterocycles. The number of rotatable bonds is 11. The molecule has 0 saturated carbocycles. The van der Waals surface area contributed by atoms with E-state index in [0.717, 1.165) is 22.2 Å². The fourth-order valence-corrected chi connectivity index (χ4v) is 3.36. The van der Waals surface area contributed by atoms with E-state index in [9.17, 15) is 4.79 Å². The summed E-state index contributed by atoms with van der Waals surface area (Å²) in [6.45, 7) is 5.15. The summed E-state index contributed by atoms with van der Waals surface area (Å²) in [4.78, 5) is 16.3. The third-order valence-corrected chi connectivity index (χ3v) is 4.86. The van der Waals surface area contributed by atoms with Crippen LogP contribution in [-0.2, 0) is 29.1 Å². The number of esters is 1. The van der Waals surface area contributed by atoms with Crippen molar-refractivity contribution >= 4 is 16.9 Å². The van der Waals surface area contributed by atoms with Crippen molar-refractivity contribution in [3.05, 3.63) is 65.7 Å². The van der Waals surface area contributed by atoms with Crippen molar-refractivity contribution in [3.63, 3.8) is 0 Å². The first-order valence-corrected chi connectivity index (χ1v) is 10.9. The predicted octanol–water partition coefficient (Wildman–Crippen LogP) is 3.94. The second-order valence-corrected chi connectivity index (χ2v) is 7.31. The van der Waals surface area contributed by atoms with Crippen molar-refractivity contribution in [2.24, 2.45) is 0 Å². The Morgan fingerprint density at radius 2 is 1.97 bits per heavy atom. The zero-order valence-corrected chi connectivity index (χ0v) is 18.7. The van der Waals surface area contributed by atoms with Crippen LogP contribution in [0.1, 0.15) is 37.3 Å². The molecule has 1 aromatic carbocycles. The maximum atomic E-state index is 11.7. The Labute approximate surface area is 191 Å². The van der Waals surface area contributed by atoms with Gasteiger partial charge in [0, 0.05) is 29.6 Å². The van der Waals surface area contributed by atoms with E-state index in [-0.39, 0.29) is 19.0 Å². The molecule has 3 aromatic heterocycles. The molecule has 0 fully saturated rings. The van der Waals surface area contributed by atoms with Crippen LogP contribution in [0.4, 0.5) is 0 Å². The van der Waals surface area contributed by atoms with E-state index in [1.807, 2.05) is 49.5 Å². The molecular weight excluding hydrogens is 424 g/mol. The summed E-state index contributed by atoms with van der Waals surface area (Å²) in [5, 5.41) is 9.51. The highest BCUT2D eigenvalue weighted by Crippen LogP contribution is 2.21. The van der Waals surface area contributed by atoms with Crippen LogP contribution in [0, 0.1) is 0 Å². The molecule has 0 N–H and O–H groups in total. The lowest BCUT2D eigenvalue weighted by Crippen LogP contribution is -2.05. The number of ether oxygens (including phenoxy) is 3. The van der Waals surface area contributed by atoms with Crippen molar-refractivity contribution in [1.29, 1.82) is 0 Å². The summed E-state index contributed by atoms with van der Waals surface area (Å²) in [6.07, 6.45) is 2.59. The Balaban J connectivity index is 1.37. The number of benzene rings is 1. The average molecular weight is 450 g/mol. The monoisotopic (exact) mass is 450 g/mol. The Hall–Kier alpha value is -3.88. The fourth-order valence-electron chi connectivity index (χ4n) is 3.36. The number of hydrogen-bond acceptors (Lipinski definition) is 8. The number of hydrogen-bond donors (Lipinski definition) is 0. The van der Waals surface area contributed by atoms with Gasteiger partial charge in [0.15, 0.2) is 5.76 Å². The Kier molecular flexibility index (Phi) is 7.19. The average Bonchev–Trinajstić information content (AvgIpc) is 3.43. The van der Waals surface area contributed by atoms with Gasteiger partial charge < -0.3 is 18.7 Å². The molecule has 4 rings (SSSR count). The second kappa shape index (κ2) is 10.6. The number of aryl methyl sites for hydroxylation is 1. The van der Waals surface area contributed by atoms with E-state index >= 15 is 0 Å². The molecular formula is C24H26N4O5. The standard InChI is InChI=1S/C24H26N4O5/c1-3-30-23(29)12-10-18-14-28(26-24(18)31-4-2)15-20-13-22(27-33-20)32-16-19-11-9-17-7-5-6-8-21(17)25-19/h5-9,11,13-14H,3-4,10,12,15-16H2,1-2H3. The molecule has 172 valence electrons. The van der Waals surface area contributed by atoms with Gasteiger partial charge in [0.25, 0.3) is 5.88 Å². The van der Waals surface area contributed by atoms with E-state index in [1.54, 1.807) is 17.7 Å². The molecule has 0 aliphatic rings. The highest BCUT2D eigenvalue weighted by molar-refractivity contribution is 5.78. The number of carbonyl (C=O) groups is 1. The zero-order chi connectivity index (χ0) is 23.0. The summed E-state index contributed by atoms with van der Waals surface area (Å²) in [5.41, 5.74) is 2.56. The number of nitrogens with zero attached hydrogens (tertiary/aromatic N) is 4. The lowest BCUT2D eigenvalue weighted by molar-refractivity contribution is -0.143. The number of fused-ring (bicyclic) bond motifs is 1. The van der Waals surface area contributed by atoms with Crippen molar-refractivity contribution in [3.8, 4) is 11.8 Å². The minimum Gasteiger partial charge on any atom is -0.477 e. The lowest BCUT2D eigenvalue weighted by Gasteiger charge is -2.03. The summed E-state index contributed by atoms with van der Waals surface area (Å²) < 4.78 is 23.4. The largest absolute Gasteiger partial charge is 0.477 e. The van der Waals surface area contributed by atoms with Crippen LogP contribution in [0.15, 0.2) is 53.2 Å². The molecule has 0 unspecified atom stereocenters. The lowest BCUT2D eigenvalue weighted by atomic mass is 10.2. The number of carbonyl (C=O) groups excluding carboxylic acids is 1. The van der Waals surface area contributed by atoms with Gasteiger partial charge in [-0.25, -0.2) is 4.98 Å². The van der Waals surface area contributed by atoms with Gasteiger partial charge in [-0.3, -0.25) is 9.48 Å². The minimum atomic E-state index is -0.245. The summed E-state index contributed by atoms with van der Waals surface area (Å²) in [7, 11) is 0. The second-order valence-electron chi connectivity index (χ2n) is 7.31. The quantitative estimate of drug-likeness (QED) is 0.317. The molecule has 9 nitrogen and oxygen atoms in total. The zero-order valence-electron chi connectivity index (χ0n) is 18.7. The number of pyridine rings is 1. The molecule has 3 heterocycles. The first-order chi connectivity index (χ1) is 16.1. The van der Waals surface area contributed by atoms with E-state index < -0.39 is 0 Å². The van der Waals surface area contributed by atoms with Crippen LogP contribution < -0.4 is 9.47 Å². The van der Waals surface area contributed by atoms with Gasteiger partial charge in [0.1, 0.15) is 13.2 Å². The Bertz CT molecular complexity index is 1220. The highest BCUT2D eigenvalue weighted by atomic mass is 16.5. The Morgan fingerprint density at radius 3 is 2.82 bits per heavy atom. The van der Waals surface area contributed by atoms with Crippen molar-refractivity contribution in [2.45, 2.75) is 39.8 Å². The summed E-state index contributed by atoms with van der Waals surface area (Å²) >= 11 is 0. The number of aromatic nitrogens is 4. The maximum absolute atomic E-state index is 11.7. The number of para-hydroxylation sites is 1. The van der Waals surface area contributed by atoms with Crippen LogP contribution in [-0.4, -0.2) is 39.1 Å². The molecule has 4 aromatic rings. The van der Waals surface area contributed by atoms with Gasteiger partial charge in [-0.1, -0.05) is 24.3 Å². The van der Waals surface area contributed by atoms with Crippen molar-refractivity contribution < 1.29 is 23.5 Å². The summed E-state index contributed by atoms with van der Waals surface area (Å²) in [6, 6.07) is 13.6. The first kappa shape index (κ1) is 22.3. The van der Waals surface area contributed by atoms with E-state index in [2.05, 4.69) is 15.2 Å². The molecule has 0 amide bonds. The van der Waals surface area contributed by atoms with Gasteiger partial charge >= 0.3 is 5.97 Å². The van der Waals surface area contributed by atoms with Gasteiger partial charge in [-0.2, -0.15) is 0 Å². The molecule has 9 heteroatoms. The van der Waals surface area contributed by atoms with E-state index in [4.69, 9.17) is 18.7 Å². The van der Waals surface area contributed by atoms with E-state index in [1.165, 1.54) is 0 Å². The van der Waals surface area contributed by atoms with Gasteiger partial charge in [0.05, 0.1) is 24.4 Å². The maximum Gasteiger partial charge on any atom is 0.306 e. The van der Waals surface area contributed by atoms with Crippen LogP contribution in [0.25, 0.3) is 10.9 Å². The third-order valence-electron chi connectivity index (χ3n) is 4.86. The van der Waals surface area contributed by atoms with E-state index in [0.29, 0.717) is 43.7 Å². The van der Waals surface area contributed by atoms with Gasteiger partial charge in [-0.15, -0.1) is 5.10 Å². The molecule has 0 aliphatic carbocycles. The molecule has 33 heavy (non-hydrogen) atoms.